The smallest absolute Gasteiger partial charge is 0.397 e. The van der Waals surface area contributed by atoms with Crippen molar-refractivity contribution >= 4 is 22.3 Å². The summed E-state index contributed by atoms with van der Waals surface area (Å²) in [5.74, 6) is -1.44. The highest BCUT2D eigenvalue weighted by molar-refractivity contribution is 7.80. The van der Waals surface area contributed by atoms with Crippen LogP contribution in [0.25, 0.3) is 0 Å². The molecule has 0 saturated carbocycles. The van der Waals surface area contributed by atoms with E-state index in [0.29, 0.717) is 12.8 Å². The molecule has 6 N–H and O–H groups in total. The Labute approximate surface area is 378 Å². The summed E-state index contributed by atoms with van der Waals surface area (Å²) in [7, 11) is -5.28. The van der Waals surface area contributed by atoms with Crippen molar-refractivity contribution in [2.45, 2.75) is 268 Å². The number of esters is 2. The quantitative estimate of drug-likeness (QED) is 0.0202. The molecule has 2 heterocycles. The lowest BCUT2D eigenvalue weighted by Gasteiger charge is -2.46. The van der Waals surface area contributed by atoms with Gasteiger partial charge in [0.25, 0.3) is 0 Å². The first-order valence-electron chi connectivity index (χ1n) is 24.6. The van der Waals surface area contributed by atoms with Gasteiger partial charge in [-0.3, -0.25) is 14.1 Å². The van der Waals surface area contributed by atoms with Gasteiger partial charge in [-0.15, -0.1) is 0 Å². The van der Waals surface area contributed by atoms with E-state index in [0.717, 1.165) is 51.4 Å². The van der Waals surface area contributed by atoms with Gasteiger partial charge in [-0.1, -0.05) is 181 Å². The first-order valence-corrected chi connectivity index (χ1v) is 26.0. The van der Waals surface area contributed by atoms with Gasteiger partial charge in [0.1, 0.15) is 30.5 Å². The number of rotatable bonds is 38. The first kappa shape index (κ1) is 57.6. The number of carbonyl (C=O) groups excluding carboxylic acids is 2. The SMILES string of the molecule is CCCCCCCCCCCCCCCCCC(=O)OC1C(O)C(CO)OC(OC2OC(CO)C(O)C(O)C2OS(=O)(=O)O)C1OC(=O)CCCCCCCCCCCCCCC. The Morgan fingerprint density at radius 3 is 1.13 bits per heavy atom. The highest BCUT2D eigenvalue weighted by Gasteiger charge is 2.54. The van der Waals surface area contributed by atoms with Crippen LogP contribution >= 0.6 is 0 Å². The Morgan fingerprint density at radius 2 is 0.778 bits per heavy atom. The van der Waals surface area contributed by atoms with E-state index in [-0.39, 0.29) is 12.8 Å². The second kappa shape index (κ2) is 34.7. The van der Waals surface area contributed by atoms with E-state index in [9.17, 15) is 48.1 Å². The average molecular weight is 927 g/mol. The summed E-state index contributed by atoms with van der Waals surface area (Å²) in [5, 5.41) is 52.3. The molecule has 0 aromatic carbocycles. The van der Waals surface area contributed by atoms with Crippen LogP contribution in [0.3, 0.4) is 0 Å². The van der Waals surface area contributed by atoms with Crippen LogP contribution in [-0.2, 0) is 47.9 Å². The first-order chi connectivity index (χ1) is 30.4. The normalized spacial score (nSPS) is 26.5. The minimum Gasteiger partial charge on any atom is -0.455 e. The fraction of sp³-hybridized carbons (Fsp3) is 0.957. The lowest BCUT2D eigenvalue weighted by molar-refractivity contribution is -0.374. The van der Waals surface area contributed by atoms with Crippen molar-refractivity contribution in [1.29, 1.82) is 0 Å². The van der Waals surface area contributed by atoms with Gasteiger partial charge in [-0.25, -0.2) is 4.18 Å². The third-order valence-electron chi connectivity index (χ3n) is 12.1. The van der Waals surface area contributed by atoms with Crippen molar-refractivity contribution in [3.63, 3.8) is 0 Å². The Bertz CT molecular complexity index is 1270. The van der Waals surface area contributed by atoms with E-state index in [2.05, 4.69) is 18.0 Å². The molecule has 0 radical (unpaired) electrons. The van der Waals surface area contributed by atoms with Crippen molar-refractivity contribution in [2.24, 2.45) is 0 Å². The summed E-state index contributed by atoms with van der Waals surface area (Å²) in [4.78, 5) is 26.6. The third kappa shape index (κ3) is 24.7. The molecule has 0 bridgehead atoms. The molecule has 0 amide bonds. The molecule has 2 saturated heterocycles. The van der Waals surface area contributed by atoms with Gasteiger partial charge >= 0.3 is 22.3 Å². The van der Waals surface area contributed by atoms with E-state index in [4.69, 9.17) is 23.7 Å². The number of hydrogen-bond acceptors (Lipinski definition) is 15. The summed E-state index contributed by atoms with van der Waals surface area (Å²) >= 11 is 0. The van der Waals surface area contributed by atoms with Gasteiger partial charge in [0.05, 0.1) is 13.2 Å². The molecule has 0 spiro atoms. The molecule has 2 fully saturated rings. The molecule has 372 valence electrons. The summed E-state index contributed by atoms with van der Waals surface area (Å²) < 4.78 is 66.1. The lowest BCUT2D eigenvalue weighted by Crippen LogP contribution is -2.65. The van der Waals surface area contributed by atoms with E-state index >= 15 is 0 Å². The summed E-state index contributed by atoms with van der Waals surface area (Å²) in [6.45, 7) is 2.76. The number of unbranched alkanes of at least 4 members (excludes halogenated alkanes) is 26. The second-order valence-electron chi connectivity index (χ2n) is 17.6. The van der Waals surface area contributed by atoms with Crippen LogP contribution in [0.4, 0.5) is 0 Å². The minimum atomic E-state index is -5.28. The number of hydrogen-bond donors (Lipinski definition) is 6. The van der Waals surface area contributed by atoms with Crippen molar-refractivity contribution < 1.29 is 76.0 Å². The summed E-state index contributed by atoms with van der Waals surface area (Å²) in [6.07, 6.45) is 13.6. The minimum absolute atomic E-state index is 0.00442. The largest absolute Gasteiger partial charge is 0.455 e. The molecule has 10 unspecified atom stereocenters. The van der Waals surface area contributed by atoms with E-state index in [1.54, 1.807) is 0 Å². The van der Waals surface area contributed by atoms with Crippen LogP contribution in [0.15, 0.2) is 0 Å². The number of ether oxygens (including phenoxy) is 5. The topological polar surface area (TPSA) is 245 Å². The zero-order chi connectivity index (χ0) is 46.3. The Balaban J connectivity index is 2.01. The fourth-order valence-corrected chi connectivity index (χ4v) is 8.79. The molecular formula is C46H86O16S. The molecule has 63 heavy (non-hydrogen) atoms. The van der Waals surface area contributed by atoms with Crippen LogP contribution in [-0.4, -0.2) is 125 Å². The Morgan fingerprint density at radius 1 is 0.460 bits per heavy atom. The molecule has 2 aliphatic heterocycles. The summed E-state index contributed by atoms with van der Waals surface area (Å²) in [6, 6.07) is 0. The molecule has 0 aliphatic carbocycles. The van der Waals surface area contributed by atoms with Gasteiger partial charge in [0.15, 0.2) is 24.6 Å². The molecule has 0 aromatic heterocycles. The van der Waals surface area contributed by atoms with Crippen LogP contribution < -0.4 is 0 Å². The highest BCUT2D eigenvalue weighted by Crippen LogP contribution is 2.33. The molecule has 0 aromatic rings. The Hall–Kier alpha value is -1.51. The van der Waals surface area contributed by atoms with E-state index in [1.165, 1.54) is 116 Å². The maximum Gasteiger partial charge on any atom is 0.397 e. The number of carbonyl (C=O) groups is 2. The van der Waals surface area contributed by atoms with E-state index in [1.807, 2.05) is 0 Å². The van der Waals surface area contributed by atoms with Crippen LogP contribution in [0.1, 0.15) is 206 Å². The lowest BCUT2D eigenvalue weighted by atomic mass is 9.97. The maximum atomic E-state index is 13.3. The fourth-order valence-electron chi connectivity index (χ4n) is 8.30. The molecule has 16 nitrogen and oxygen atoms in total. The highest BCUT2D eigenvalue weighted by atomic mass is 32.3. The molecule has 10 atom stereocenters. The van der Waals surface area contributed by atoms with Gasteiger partial charge in [-0.2, -0.15) is 8.42 Å². The molecule has 2 rings (SSSR count). The number of aliphatic hydroxyl groups excluding tert-OH is 5. The van der Waals surface area contributed by atoms with Crippen LogP contribution in [0, 0.1) is 0 Å². The van der Waals surface area contributed by atoms with Crippen molar-refractivity contribution in [3.05, 3.63) is 0 Å². The Kier molecular flexibility index (Phi) is 31.8. The molecule has 17 heteroatoms. The monoisotopic (exact) mass is 927 g/mol. The van der Waals surface area contributed by atoms with Gasteiger partial charge in [-0.05, 0) is 12.8 Å². The van der Waals surface area contributed by atoms with Gasteiger partial charge in [0.2, 0.25) is 6.29 Å². The van der Waals surface area contributed by atoms with Crippen LogP contribution in [0.2, 0.25) is 0 Å². The average Bonchev–Trinajstić information content (AvgIpc) is 3.25. The summed E-state index contributed by atoms with van der Waals surface area (Å²) in [5.41, 5.74) is 0. The molecule has 2 aliphatic rings. The molecular weight excluding hydrogens is 841 g/mol. The second-order valence-corrected chi connectivity index (χ2v) is 18.7. The van der Waals surface area contributed by atoms with Gasteiger partial charge in [0, 0.05) is 12.8 Å². The third-order valence-corrected chi connectivity index (χ3v) is 12.6. The zero-order valence-corrected chi connectivity index (χ0v) is 39.4. The number of aliphatic hydroxyl groups is 5. The van der Waals surface area contributed by atoms with Crippen molar-refractivity contribution in [3.8, 4) is 0 Å². The van der Waals surface area contributed by atoms with Crippen molar-refractivity contribution in [1.82, 2.24) is 0 Å². The zero-order valence-electron chi connectivity index (χ0n) is 38.6. The predicted octanol–water partition coefficient (Wildman–Crippen LogP) is 7.27. The van der Waals surface area contributed by atoms with Crippen molar-refractivity contribution in [2.75, 3.05) is 13.2 Å². The standard InChI is InChI=1S/C46H86O16S/c1-3-5-7-9-11-13-15-17-18-20-22-23-25-27-29-31-37(49)59-42-40(52)36(34-48)58-46(61-45-43(62-63(54,55)56)41(53)39(51)35(33-47)57-45)44(42)60-38(50)32-30-28-26-24-21-19-16-14-12-10-8-6-4-2/h35-36,39-48,51-53H,3-34H2,1-2H3,(H,54,55,56). The predicted molar refractivity (Wildman–Crippen MR) is 237 cm³/mol. The van der Waals surface area contributed by atoms with Crippen LogP contribution in [0.5, 0.6) is 0 Å². The maximum absolute atomic E-state index is 13.3. The van der Waals surface area contributed by atoms with Gasteiger partial charge < -0.3 is 49.2 Å². The van der Waals surface area contributed by atoms with E-state index < -0.39 is 97.0 Å².